The Bertz CT molecular complexity index is 1250. The van der Waals surface area contributed by atoms with Crippen LogP contribution in [0.2, 0.25) is 20.1 Å². The SMILES string of the molecule is O=C1C(I)=CC2=C(c3c(Cl)c(Cl)c(Cl)c(Cl)c3C(=O)[O-])C3CC(I)=[C-]C(I)C3OC2=C1I.[Na+].[Na+].[OH-]. The Hall–Kier alpha value is 3.16. The summed E-state index contributed by atoms with van der Waals surface area (Å²) in [6, 6.07) is 0. The van der Waals surface area contributed by atoms with Gasteiger partial charge in [0.2, 0.25) is 5.78 Å². The molecule has 0 spiro atoms. The Labute approximate surface area is 320 Å². The second kappa shape index (κ2) is 14.4. The van der Waals surface area contributed by atoms with Crippen molar-refractivity contribution in [2.24, 2.45) is 5.92 Å². The van der Waals surface area contributed by atoms with Gasteiger partial charge in [-0.3, -0.25) is 4.79 Å². The molecule has 1 aromatic rings. The predicted octanol–water partition coefficient (Wildman–Crippen LogP) is 1.14. The molecule has 1 aromatic carbocycles. The molecule has 1 aliphatic heterocycles. The molecular formula is C20H7Cl4I4Na2O5-. The molecule has 15 heteroatoms. The number of carbonyl (C=O) groups is 2. The van der Waals surface area contributed by atoms with Gasteiger partial charge in [0.1, 0.15) is 9.34 Å². The molecule has 5 nitrogen and oxygen atoms in total. The summed E-state index contributed by atoms with van der Waals surface area (Å²) < 4.78 is 7.99. The molecule has 3 unspecified atom stereocenters. The van der Waals surface area contributed by atoms with Crippen molar-refractivity contribution in [2.45, 2.75) is 16.4 Å². The average Bonchev–Trinajstić information content (AvgIpc) is 2.72. The molecule has 0 saturated carbocycles. The Morgan fingerprint density at radius 2 is 1.63 bits per heavy atom. The van der Waals surface area contributed by atoms with Crippen molar-refractivity contribution in [3.63, 3.8) is 0 Å². The van der Waals surface area contributed by atoms with Crippen LogP contribution in [0.3, 0.4) is 0 Å². The smallest absolute Gasteiger partial charge is 0.870 e. The van der Waals surface area contributed by atoms with Crippen LogP contribution in [0.4, 0.5) is 0 Å². The number of Topliss-reactive ketones (excluding diaryl/α,β-unsaturated/α-hetero) is 1. The van der Waals surface area contributed by atoms with Gasteiger partial charge in [-0.25, -0.2) is 0 Å². The van der Waals surface area contributed by atoms with Crippen LogP contribution in [0, 0.1) is 12.0 Å². The van der Waals surface area contributed by atoms with Gasteiger partial charge in [0.25, 0.3) is 0 Å². The number of carboxylic acids is 1. The van der Waals surface area contributed by atoms with Gasteiger partial charge in [-0.15, -0.1) is 22.6 Å². The standard InChI is InChI=1S/C20H7Cl4I4O4.2Na.H2O/c21-12-10(11(20(30)31)13(22)15(24)14(12)23)9-5-1-4(25)2-8(27)18(5)32-19-6(9)3-7(26)17(29)16(19)28;;;/h3,5,8,18H,1H2,(H,30,31);;;1H2/q-1;2*+1;/p-2. The van der Waals surface area contributed by atoms with Crippen LogP contribution in [-0.2, 0) is 9.53 Å². The van der Waals surface area contributed by atoms with Gasteiger partial charge in [0.15, 0.2) is 0 Å². The summed E-state index contributed by atoms with van der Waals surface area (Å²) in [5, 5.41) is 11.7. The van der Waals surface area contributed by atoms with Gasteiger partial charge in [-0.05, 0) is 63.3 Å². The summed E-state index contributed by atoms with van der Waals surface area (Å²) in [5.74, 6) is -1.64. The van der Waals surface area contributed by atoms with Crippen molar-refractivity contribution in [2.75, 3.05) is 0 Å². The number of benzene rings is 1. The van der Waals surface area contributed by atoms with Crippen LogP contribution >= 0.6 is 137 Å². The molecule has 4 rings (SSSR count). The van der Waals surface area contributed by atoms with Crippen LogP contribution in [0.5, 0.6) is 0 Å². The average molecular weight is 1020 g/mol. The number of rotatable bonds is 2. The normalized spacial score (nSPS) is 23.0. The number of ether oxygens (including phenoxy) is 1. The third kappa shape index (κ3) is 6.64. The monoisotopic (exact) mass is 1020 g/mol. The van der Waals surface area contributed by atoms with E-state index in [0.717, 1.165) is 3.58 Å². The van der Waals surface area contributed by atoms with Crippen molar-refractivity contribution >= 4 is 154 Å². The van der Waals surface area contributed by atoms with Crippen molar-refractivity contribution in [3.05, 3.63) is 65.4 Å². The summed E-state index contributed by atoms with van der Waals surface area (Å²) in [4.78, 5) is 24.9. The molecular weight excluding hydrogens is 1020 g/mol. The van der Waals surface area contributed by atoms with Crippen LogP contribution in [0.1, 0.15) is 22.3 Å². The number of alkyl halides is 1. The van der Waals surface area contributed by atoms with E-state index in [4.69, 9.17) is 51.1 Å². The summed E-state index contributed by atoms with van der Waals surface area (Å²) in [6.45, 7) is 0. The minimum atomic E-state index is -1.54. The topological polar surface area (TPSA) is 96.4 Å². The fourth-order valence-corrected chi connectivity index (χ4v) is 9.11. The summed E-state index contributed by atoms with van der Waals surface area (Å²) in [6.07, 6.45) is 5.14. The van der Waals surface area contributed by atoms with Crippen molar-refractivity contribution in [1.82, 2.24) is 0 Å². The predicted molar refractivity (Wildman–Crippen MR) is 159 cm³/mol. The summed E-state index contributed by atoms with van der Waals surface area (Å²) in [7, 11) is 0. The largest absolute Gasteiger partial charge is 1.00 e. The molecule has 0 bridgehead atoms. The Balaban J connectivity index is 0.00000204. The second-order valence-corrected chi connectivity index (χ2v) is 13.3. The molecule has 3 aliphatic rings. The molecule has 0 amide bonds. The maximum absolute atomic E-state index is 12.7. The zero-order valence-electron chi connectivity index (χ0n) is 17.6. The molecule has 0 saturated heterocycles. The third-order valence-corrected chi connectivity index (χ3v) is 10.5. The minimum absolute atomic E-state index is 0. The van der Waals surface area contributed by atoms with Gasteiger partial charge in [0.05, 0.1) is 35.7 Å². The molecule has 0 radical (unpaired) electrons. The molecule has 1 heterocycles. The number of ketones is 1. The maximum Gasteiger partial charge on any atom is 1.00 e. The third-order valence-electron chi connectivity index (χ3n) is 5.17. The number of carboxylic acid groups (broad SMARTS) is 1. The van der Waals surface area contributed by atoms with Crippen molar-refractivity contribution < 1.29 is 84.0 Å². The molecule has 1 N–H and O–H groups in total. The van der Waals surface area contributed by atoms with Crippen molar-refractivity contribution in [1.29, 1.82) is 0 Å². The summed E-state index contributed by atoms with van der Waals surface area (Å²) >= 11 is 33.8. The van der Waals surface area contributed by atoms with Crippen LogP contribution < -0.4 is 64.2 Å². The molecule has 3 atom stereocenters. The fraction of sp³-hybridized carbons (Fsp3) is 0.200. The number of carbonyl (C=O) groups excluding carboxylic acids is 2. The first-order valence-corrected chi connectivity index (χ1v) is 14.7. The molecule has 0 aromatic heterocycles. The first-order chi connectivity index (χ1) is 15.0. The van der Waals surface area contributed by atoms with Crippen molar-refractivity contribution in [3.8, 4) is 0 Å². The van der Waals surface area contributed by atoms with Crippen LogP contribution in [-0.4, -0.2) is 27.3 Å². The van der Waals surface area contributed by atoms with Gasteiger partial charge in [0, 0.05) is 22.6 Å². The number of allylic oxidation sites excluding steroid dienone is 4. The number of aromatic carboxylic acids is 1. The Kier molecular flexibility index (Phi) is 14.9. The van der Waals surface area contributed by atoms with Gasteiger partial charge in [-0.1, -0.05) is 72.9 Å². The zero-order valence-corrected chi connectivity index (χ0v) is 33.3. The molecule has 176 valence electrons. The number of halogens is 8. The van der Waals surface area contributed by atoms with Crippen LogP contribution in [0.25, 0.3) is 5.57 Å². The van der Waals surface area contributed by atoms with E-state index in [1.807, 2.05) is 45.2 Å². The molecule has 35 heavy (non-hydrogen) atoms. The first-order valence-electron chi connectivity index (χ1n) is 8.68. The summed E-state index contributed by atoms with van der Waals surface area (Å²) in [5.41, 5.74) is 0.926. The Morgan fingerprint density at radius 3 is 2.20 bits per heavy atom. The molecule has 2 aliphatic carbocycles. The van der Waals surface area contributed by atoms with E-state index in [2.05, 4.69) is 51.3 Å². The number of fused-ring (bicyclic) bond motifs is 2. The first kappa shape index (κ1) is 36.2. The van der Waals surface area contributed by atoms with Gasteiger partial charge >= 0.3 is 59.1 Å². The quantitative estimate of drug-likeness (QED) is 0.111. The zero-order chi connectivity index (χ0) is 23.6. The van der Waals surface area contributed by atoms with E-state index in [1.54, 1.807) is 6.08 Å². The van der Waals surface area contributed by atoms with Crippen LogP contribution in [0.15, 0.2) is 28.1 Å². The second-order valence-electron chi connectivity index (χ2n) is 6.93. The van der Waals surface area contributed by atoms with Gasteiger partial charge in [-0.2, -0.15) is 3.58 Å². The fourth-order valence-electron chi connectivity index (χ4n) is 3.84. The molecule has 0 fully saturated rings. The van der Waals surface area contributed by atoms with E-state index >= 15 is 0 Å². The van der Waals surface area contributed by atoms with E-state index in [-0.39, 0.29) is 111 Å². The number of hydrogen-bond acceptors (Lipinski definition) is 5. The minimum Gasteiger partial charge on any atom is -0.870 e. The van der Waals surface area contributed by atoms with E-state index in [9.17, 15) is 14.7 Å². The van der Waals surface area contributed by atoms with E-state index < -0.39 is 12.1 Å². The Morgan fingerprint density at radius 1 is 1.06 bits per heavy atom. The number of hydrogen-bond donors (Lipinski definition) is 0. The van der Waals surface area contributed by atoms with E-state index in [1.165, 1.54) is 0 Å². The van der Waals surface area contributed by atoms with Gasteiger partial charge < -0.3 is 26.2 Å². The van der Waals surface area contributed by atoms with E-state index in [0.29, 0.717) is 30.5 Å². The maximum atomic E-state index is 12.7.